The number of hydrogen-bond donors (Lipinski definition) is 2. The SMILES string of the molecule is Nc1nc(Cl)cc(Cc2ccc(F)cc2)c1N. The number of benzene rings is 1. The van der Waals surface area contributed by atoms with E-state index in [1.54, 1.807) is 18.2 Å². The Morgan fingerprint density at radius 2 is 1.82 bits per heavy atom. The van der Waals surface area contributed by atoms with Crippen LogP contribution in [0.2, 0.25) is 5.15 Å². The Morgan fingerprint density at radius 3 is 2.47 bits per heavy atom. The van der Waals surface area contributed by atoms with Gasteiger partial charge in [-0.1, -0.05) is 23.7 Å². The highest BCUT2D eigenvalue weighted by Gasteiger charge is 2.07. The molecule has 0 radical (unpaired) electrons. The van der Waals surface area contributed by atoms with Crippen LogP contribution in [0.4, 0.5) is 15.9 Å². The molecule has 0 aliphatic heterocycles. The molecule has 2 aromatic rings. The van der Waals surface area contributed by atoms with Gasteiger partial charge in [-0.15, -0.1) is 0 Å². The standard InChI is InChI=1S/C12H11ClFN3/c13-10-6-8(11(15)12(16)17-10)5-7-1-3-9(14)4-2-7/h1-4,6H,5,15H2,(H2,16,17). The summed E-state index contributed by atoms with van der Waals surface area (Å²) in [4.78, 5) is 3.85. The Kier molecular flexibility index (Phi) is 3.15. The van der Waals surface area contributed by atoms with Crippen molar-refractivity contribution in [2.45, 2.75) is 6.42 Å². The average molecular weight is 252 g/mol. The number of nitrogens with zero attached hydrogens (tertiary/aromatic N) is 1. The second-order valence-corrected chi connectivity index (χ2v) is 4.09. The van der Waals surface area contributed by atoms with Gasteiger partial charge in [0.15, 0.2) is 0 Å². The van der Waals surface area contributed by atoms with Gasteiger partial charge in [0.05, 0.1) is 5.69 Å². The van der Waals surface area contributed by atoms with Crippen molar-refractivity contribution in [1.82, 2.24) is 4.98 Å². The number of halogens is 2. The fraction of sp³-hybridized carbons (Fsp3) is 0.0833. The second kappa shape index (κ2) is 4.59. The van der Waals surface area contributed by atoms with E-state index >= 15 is 0 Å². The van der Waals surface area contributed by atoms with E-state index in [1.807, 2.05) is 0 Å². The number of nitrogens with two attached hydrogens (primary N) is 2. The molecule has 5 heteroatoms. The molecule has 1 aromatic heterocycles. The second-order valence-electron chi connectivity index (χ2n) is 3.71. The van der Waals surface area contributed by atoms with Gasteiger partial charge in [0, 0.05) is 0 Å². The predicted molar refractivity (Wildman–Crippen MR) is 67.3 cm³/mol. The molecule has 4 N–H and O–H groups in total. The first kappa shape index (κ1) is 11.7. The molecule has 0 unspecified atom stereocenters. The van der Waals surface area contributed by atoms with Gasteiger partial charge >= 0.3 is 0 Å². The minimum Gasteiger partial charge on any atom is -0.396 e. The Labute approximate surface area is 103 Å². The van der Waals surface area contributed by atoms with Crippen LogP contribution >= 0.6 is 11.6 Å². The third-order valence-electron chi connectivity index (χ3n) is 2.45. The van der Waals surface area contributed by atoms with Gasteiger partial charge in [0.1, 0.15) is 16.8 Å². The molecule has 2 rings (SSSR count). The average Bonchev–Trinajstić information content (AvgIpc) is 2.28. The molecule has 3 nitrogen and oxygen atoms in total. The van der Waals surface area contributed by atoms with Crippen LogP contribution in [0.5, 0.6) is 0 Å². The maximum absolute atomic E-state index is 12.8. The molecule has 17 heavy (non-hydrogen) atoms. The van der Waals surface area contributed by atoms with E-state index in [2.05, 4.69) is 4.98 Å². The maximum Gasteiger partial charge on any atom is 0.148 e. The summed E-state index contributed by atoms with van der Waals surface area (Å²) in [5.74, 6) is -0.0522. The number of pyridine rings is 1. The van der Waals surface area contributed by atoms with Crippen LogP contribution in [0.15, 0.2) is 30.3 Å². The topological polar surface area (TPSA) is 64.9 Å². The lowest BCUT2D eigenvalue weighted by Crippen LogP contribution is -2.03. The van der Waals surface area contributed by atoms with Crippen LogP contribution in [0.1, 0.15) is 11.1 Å². The molecule has 0 saturated heterocycles. The smallest absolute Gasteiger partial charge is 0.148 e. The molecule has 0 fully saturated rings. The van der Waals surface area contributed by atoms with Crippen molar-refractivity contribution in [3.8, 4) is 0 Å². The van der Waals surface area contributed by atoms with Gasteiger partial charge in [-0.2, -0.15) is 0 Å². The number of anilines is 2. The van der Waals surface area contributed by atoms with Crippen molar-refractivity contribution >= 4 is 23.1 Å². The van der Waals surface area contributed by atoms with Crippen molar-refractivity contribution < 1.29 is 4.39 Å². The Hall–Kier alpha value is -1.81. The van der Waals surface area contributed by atoms with Crippen molar-refractivity contribution in [3.05, 3.63) is 52.4 Å². The molecule has 0 aliphatic rings. The van der Waals surface area contributed by atoms with E-state index in [9.17, 15) is 4.39 Å². The zero-order chi connectivity index (χ0) is 12.4. The first-order chi connectivity index (χ1) is 8.06. The lowest BCUT2D eigenvalue weighted by Gasteiger charge is -2.08. The zero-order valence-electron chi connectivity index (χ0n) is 8.95. The third kappa shape index (κ3) is 2.65. The molecule has 0 saturated carbocycles. The summed E-state index contributed by atoms with van der Waals surface area (Å²) in [7, 11) is 0. The number of hydrogen-bond acceptors (Lipinski definition) is 3. The molecular weight excluding hydrogens is 241 g/mol. The van der Waals surface area contributed by atoms with Crippen LogP contribution in [0.25, 0.3) is 0 Å². The first-order valence-corrected chi connectivity index (χ1v) is 5.39. The van der Waals surface area contributed by atoms with Crippen molar-refractivity contribution in [3.63, 3.8) is 0 Å². The van der Waals surface area contributed by atoms with E-state index in [0.717, 1.165) is 11.1 Å². The van der Waals surface area contributed by atoms with E-state index in [0.29, 0.717) is 17.3 Å². The number of nitrogen functional groups attached to an aromatic ring is 2. The largest absolute Gasteiger partial charge is 0.396 e. The van der Waals surface area contributed by atoms with Crippen molar-refractivity contribution in [1.29, 1.82) is 0 Å². The summed E-state index contributed by atoms with van der Waals surface area (Å²) in [6, 6.07) is 7.85. The molecule has 1 aromatic carbocycles. The summed E-state index contributed by atoms with van der Waals surface area (Å²) >= 11 is 5.81. The molecule has 0 amide bonds. The van der Waals surface area contributed by atoms with Crippen LogP contribution in [-0.4, -0.2) is 4.98 Å². The highest BCUT2D eigenvalue weighted by Crippen LogP contribution is 2.24. The summed E-state index contributed by atoms with van der Waals surface area (Å²) in [6.07, 6.45) is 0.540. The van der Waals surface area contributed by atoms with Gasteiger partial charge in [-0.3, -0.25) is 0 Å². The van der Waals surface area contributed by atoms with E-state index in [1.165, 1.54) is 12.1 Å². The minimum absolute atomic E-state index is 0.217. The Morgan fingerprint density at radius 1 is 1.18 bits per heavy atom. The Bertz CT molecular complexity index is 540. The van der Waals surface area contributed by atoms with Crippen LogP contribution in [0, 0.1) is 5.82 Å². The van der Waals surface area contributed by atoms with Gasteiger partial charge in [-0.05, 0) is 35.7 Å². The van der Waals surface area contributed by atoms with E-state index < -0.39 is 0 Å². The summed E-state index contributed by atoms with van der Waals surface area (Å²) in [6.45, 7) is 0. The number of rotatable bonds is 2. The molecule has 88 valence electrons. The fourth-order valence-electron chi connectivity index (χ4n) is 1.56. The van der Waals surface area contributed by atoms with E-state index in [4.69, 9.17) is 23.1 Å². The quantitative estimate of drug-likeness (QED) is 0.807. The maximum atomic E-state index is 12.8. The van der Waals surface area contributed by atoms with Gasteiger partial charge in [0.25, 0.3) is 0 Å². The first-order valence-electron chi connectivity index (χ1n) is 5.01. The molecule has 0 atom stereocenters. The van der Waals surface area contributed by atoms with Gasteiger partial charge in [-0.25, -0.2) is 9.37 Å². The molecule has 0 aliphatic carbocycles. The molecule has 0 bridgehead atoms. The summed E-state index contributed by atoms with van der Waals surface area (Å²) < 4.78 is 12.8. The minimum atomic E-state index is -0.269. The zero-order valence-corrected chi connectivity index (χ0v) is 9.71. The van der Waals surface area contributed by atoms with E-state index in [-0.39, 0.29) is 11.6 Å². The molecular formula is C12H11ClFN3. The molecule has 1 heterocycles. The van der Waals surface area contributed by atoms with Crippen LogP contribution in [-0.2, 0) is 6.42 Å². The van der Waals surface area contributed by atoms with Crippen molar-refractivity contribution in [2.24, 2.45) is 0 Å². The fourth-order valence-corrected chi connectivity index (χ4v) is 1.78. The Balaban J connectivity index is 2.32. The monoisotopic (exact) mass is 251 g/mol. The van der Waals surface area contributed by atoms with Gasteiger partial charge in [0.2, 0.25) is 0 Å². The normalized spacial score (nSPS) is 10.5. The molecule has 0 spiro atoms. The van der Waals surface area contributed by atoms with Gasteiger partial charge < -0.3 is 11.5 Å². The predicted octanol–water partition coefficient (Wildman–Crippen LogP) is 2.63. The highest BCUT2D eigenvalue weighted by molar-refractivity contribution is 6.29. The number of aromatic nitrogens is 1. The lowest BCUT2D eigenvalue weighted by atomic mass is 10.0. The van der Waals surface area contributed by atoms with Crippen LogP contribution < -0.4 is 11.5 Å². The van der Waals surface area contributed by atoms with Crippen LogP contribution in [0.3, 0.4) is 0 Å². The van der Waals surface area contributed by atoms with Crippen molar-refractivity contribution in [2.75, 3.05) is 11.5 Å². The summed E-state index contributed by atoms with van der Waals surface area (Å²) in [5, 5.41) is 0.300. The lowest BCUT2D eigenvalue weighted by molar-refractivity contribution is 0.627. The third-order valence-corrected chi connectivity index (χ3v) is 2.64. The highest BCUT2D eigenvalue weighted by atomic mass is 35.5. The summed E-state index contributed by atoms with van der Waals surface area (Å²) in [5.41, 5.74) is 13.6.